The zero-order valence-corrected chi connectivity index (χ0v) is 19.2. The molecule has 0 amide bonds. The number of aliphatic hydroxyl groups excluding tert-OH is 1. The number of nitrogen functional groups attached to an aromatic ring is 1. The molecule has 34 heavy (non-hydrogen) atoms. The number of ether oxygens (including phenoxy) is 1. The van der Waals surface area contributed by atoms with E-state index >= 15 is 0 Å². The van der Waals surface area contributed by atoms with Crippen molar-refractivity contribution in [2.45, 2.75) is 30.9 Å². The van der Waals surface area contributed by atoms with E-state index in [2.05, 4.69) is 28.4 Å². The molecule has 23 heteroatoms. The highest BCUT2D eigenvalue weighted by molar-refractivity contribution is 7.66. The molecular formula is C11H17BN6O13P3. The maximum absolute atomic E-state index is 12.1. The number of hydrogen-bond acceptors (Lipinski definition) is 14. The Morgan fingerprint density at radius 2 is 1.94 bits per heavy atom. The van der Waals surface area contributed by atoms with Crippen LogP contribution < -0.4 is 21.5 Å². The highest BCUT2D eigenvalue weighted by Crippen LogP contribution is 2.66. The standard InChI is InChI=1S/C11H17BN6O13P3/c13-3-12-10-15-7-8(16-11(14)17-9(7)20)18(10)6-1-4(19)5(29-6)2-28-33(24,25)31-34(26,27)30-32(21,22)23/h4-6,10,15,19H,1-2H2,(H,24,25)(H,26,27)(H2,21,22,23)(H3,14,16,17,20)/t4-,5+,6+,10?/m0/s1. The first-order chi connectivity index (χ1) is 15.6. The number of phosphoric acid groups is 3. The van der Waals surface area contributed by atoms with Crippen molar-refractivity contribution in [1.29, 1.82) is 5.26 Å². The van der Waals surface area contributed by atoms with E-state index < -0.39 is 60.1 Å². The quantitative estimate of drug-likeness (QED) is 0.121. The Bertz CT molecular complexity index is 1190. The highest BCUT2D eigenvalue weighted by Gasteiger charge is 2.46. The molecule has 1 saturated heterocycles. The van der Waals surface area contributed by atoms with Crippen LogP contribution in [0.25, 0.3) is 0 Å². The number of aliphatic hydroxyl groups is 1. The van der Waals surface area contributed by atoms with Crippen LogP contribution in [-0.2, 0) is 31.6 Å². The average molecular weight is 545 g/mol. The number of rotatable bonds is 9. The molecule has 1 aromatic heterocycles. The van der Waals surface area contributed by atoms with Crippen molar-refractivity contribution in [3.63, 3.8) is 0 Å². The van der Waals surface area contributed by atoms with Gasteiger partial charge in [0, 0.05) is 6.42 Å². The van der Waals surface area contributed by atoms with E-state index in [0.29, 0.717) is 0 Å². The summed E-state index contributed by atoms with van der Waals surface area (Å²) in [6, 6.07) is -0.926. The molecule has 19 nitrogen and oxygen atoms in total. The predicted octanol–water partition coefficient (Wildman–Crippen LogP) is -2.13. The number of nitrogens with zero attached hydrogens (tertiary/aromatic N) is 3. The number of aromatic amines is 1. The van der Waals surface area contributed by atoms with Crippen molar-refractivity contribution in [2.24, 2.45) is 0 Å². The lowest BCUT2D eigenvalue weighted by Gasteiger charge is -2.30. The van der Waals surface area contributed by atoms with E-state index in [0.717, 1.165) is 7.28 Å². The van der Waals surface area contributed by atoms with Gasteiger partial charge in [-0.1, -0.05) is 0 Å². The molecule has 2 aliphatic heterocycles. The Labute approximate surface area is 190 Å². The van der Waals surface area contributed by atoms with Gasteiger partial charge in [0.2, 0.25) is 5.95 Å². The summed E-state index contributed by atoms with van der Waals surface area (Å²) in [4.78, 5) is 55.5. The molecule has 0 aromatic carbocycles. The first kappa shape index (κ1) is 26.8. The number of anilines is 3. The molecule has 1 aromatic rings. The van der Waals surface area contributed by atoms with Crippen LogP contribution in [0.1, 0.15) is 6.42 Å². The van der Waals surface area contributed by atoms with Crippen molar-refractivity contribution in [1.82, 2.24) is 9.97 Å². The van der Waals surface area contributed by atoms with Gasteiger partial charge in [-0.15, -0.1) is 0 Å². The Balaban J connectivity index is 1.70. The molecule has 0 aliphatic carbocycles. The summed E-state index contributed by atoms with van der Waals surface area (Å²) >= 11 is 0. The predicted molar refractivity (Wildman–Crippen MR) is 110 cm³/mol. The van der Waals surface area contributed by atoms with Crippen LogP contribution >= 0.6 is 23.5 Å². The molecule has 1 radical (unpaired) electrons. The molecule has 0 spiro atoms. The number of nitriles is 1. The summed E-state index contributed by atoms with van der Waals surface area (Å²) in [5.74, 6) is 1.55. The zero-order valence-electron chi connectivity index (χ0n) is 16.6. The second-order valence-corrected chi connectivity index (χ2v) is 11.2. The number of hydrogen-bond donors (Lipinski definition) is 8. The highest BCUT2D eigenvalue weighted by atomic mass is 31.3. The van der Waals surface area contributed by atoms with Gasteiger partial charge in [-0.25, -0.2) is 19.0 Å². The molecule has 6 atom stereocenters. The van der Waals surface area contributed by atoms with Gasteiger partial charge in [-0.3, -0.25) is 14.3 Å². The Kier molecular flexibility index (Phi) is 7.61. The lowest BCUT2D eigenvalue weighted by molar-refractivity contribution is -0.0219. The number of nitrogens with one attached hydrogen (secondary N) is 2. The minimum atomic E-state index is -5.71. The second kappa shape index (κ2) is 9.67. The molecule has 0 saturated carbocycles. The first-order valence-corrected chi connectivity index (χ1v) is 13.4. The molecule has 3 unspecified atom stereocenters. The van der Waals surface area contributed by atoms with Crippen molar-refractivity contribution in [3.8, 4) is 5.97 Å². The summed E-state index contributed by atoms with van der Waals surface area (Å²) < 4.78 is 51.2. The lowest BCUT2D eigenvalue weighted by Crippen LogP contribution is -2.47. The minimum Gasteiger partial charge on any atom is -0.390 e. The summed E-state index contributed by atoms with van der Waals surface area (Å²) in [7, 11) is -15.6. The topological polar surface area (TPSA) is 300 Å². The van der Waals surface area contributed by atoms with Crippen LogP contribution in [0.2, 0.25) is 0 Å². The third-order valence-electron chi connectivity index (χ3n) is 4.32. The largest absolute Gasteiger partial charge is 0.490 e. The smallest absolute Gasteiger partial charge is 0.390 e. The second-order valence-electron chi connectivity index (χ2n) is 6.76. The molecule has 3 rings (SSSR count). The van der Waals surface area contributed by atoms with E-state index in [9.17, 15) is 33.4 Å². The van der Waals surface area contributed by atoms with Gasteiger partial charge in [0.1, 0.15) is 18.0 Å². The van der Waals surface area contributed by atoms with E-state index in [-0.39, 0.29) is 23.9 Å². The third-order valence-corrected chi connectivity index (χ3v) is 8.12. The molecule has 1 fully saturated rings. The normalized spacial score (nSPS) is 27.8. The number of aromatic nitrogens is 2. The first-order valence-electron chi connectivity index (χ1n) is 8.90. The molecule has 3 heterocycles. The van der Waals surface area contributed by atoms with E-state index in [1.165, 1.54) is 4.90 Å². The average Bonchev–Trinajstić information content (AvgIpc) is 3.17. The van der Waals surface area contributed by atoms with Crippen LogP contribution in [0.15, 0.2) is 4.79 Å². The zero-order chi connectivity index (χ0) is 25.5. The van der Waals surface area contributed by atoms with Gasteiger partial charge >= 0.3 is 30.7 Å². The SMILES string of the molecule is N#C[B]C1Nc2c(nc(N)[nH]c2=O)N1[C@H]1C[C@H](O)[C@@H](COP(=O)(O)OP(=O)(O)OP(=O)(O)O)O1. The van der Waals surface area contributed by atoms with Crippen LogP contribution in [0, 0.1) is 11.2 Å². The fourth-order valence-corrected chi connectivity index (χ4v) is 6.19. The number of fused-ring (bicyclic) bond motifs is 1. The van der Waals surface area contributed by atoms with Crippen LogP contribution in [0.3, 0.4) is 0 Å². The lowest BCUT2D eigenvalue weighted by atomic mass is 9.76. The summed E-state index contributed by atoms with van der Waals surface area (Å²) in [6.45, 7) is -0.896. The molecule has 2 aliphatic rings. The summed E-state index contributed by atoms with van der Waals surface area (Å²) in [5.41, 5.74) is 4.91. The number of H-pyrrole nitrogens is 1. The van der Waals surface area contributed by atoms with Crippen LogP contribution in [-0.4, -0.2) is 73.0 Å². The molecule has 9 N–H and O–H groups in total. The van der Waals surface area contributed by atoms with Crippen LogP contribution in [0.4, 0.5) is 17.5 Å². The third kappa shape index (κ3) is 6.43. The summed E-state index contributed by atoms with van der Waals surface area (Å²) in [5, 5.41) is 22.1. The monoisotopic (exact) mass is 545 g/mol. The summed E-state index contributed by atoms with van der Waals surface area (Å²) in [6.07, 6.45) is -3.90. The van der Waals surface area contributed by atoms with Gasteiger partial charge in [0.05, 0.1) is 18.8 Å². The fraction of sp³-hybridized carbons (Fsp3) is 0.545. The van der Waals surface area contributed by atoms with E-state index in [1.807, 2.05) is 0 Å². The Morgan fingerprint density at radius 3 is 2.56 bits per heavy atom. The Hall–Kier alpha value is -1.84. The van der Waals surface area contributed by atoms with E-state index in [4.69, 9.17) is 25.5 Å². The fourth-order valence-electron chi connectivity index (χ4n) is 3.16. The van der Waals surface area contributed by atoms with Crippen molar-refractivity contribution in [3.05, 3.63) is 10.4 Å². The molecule has 187 valence electrons. The van der Waals surface area contributed by atoms with Crippen molar-refractivity contribution in [2.75, 3.05) is 22.6 Å². The number of nitrogens with two attached hydrogens (primary N) is 1. The van der Waals surface area contributed by atoms with Crippen molar-refractivity contribution < 1.29 is 56.3 Å². The minimum absolute atomic E-state index is 0.00323. The Morgan fingerprint density at radius 1 is 1.26 bits per heavy atom. The maximum Gasteiger partial charge on any atom is 0.490 e. The van der Waals surface area contributed by atoms with E-state index in [1.54, 1.807) is 5.97 Å². The van der Waals surface area contributed by atoms with Gasteiger partial charge in [0.15, 0.2) is 5.82 Å². The van der Waals surface area contributed by atoms with Crippen molar-refractivity contribution >= 4 is 48.2 Å². The molecular weight excluding hydrogens is 528 g/mol. The van der Waals surface area contributed by atoms with Crippen LogP contribution in [0.5, 0.6) is 0 Å². The van der Waals surface area contributed by atoms with Gasteiger partial charge < -0.3 is 45.4 Å². The maximum atomic E-state index is 12.1. The van der Waals surface area contributed by atoms with Gasteiger partial charge in [0.25, 0.3) is 5.56 Å². The molecule has 0 bridgehead atoms. The number of phosphoric ester groups is 1. The van der Waals surface area contributed by atoms with Gasteiger partial charge in [-0.05, 0) is 5.97 Å². The van der Waals surface area contributed by atoms with Gasteiger partial charge in [-0.2, -0.15) is 13.6 Å².